The van der Waals surface area contributed by atoms with Gasteiger partial charge in [-0.25, -0.2) is 0 Å². The molecule has 2 aliphatic heterocycles. The molecular formula is C11H21NO2S. The lowest BCUT2D eigenvalue weighted by molar-refractivity contribution is 0.0338. The quantitative estimate of drug-likeness (QED) is 0.758. The Hall–Kier alpha value is 0.230. The molecule has 0 spiro atoms. The van der Waals surface area contributed by atoms with E-state index in [2.05, 4.69) is 5.32 Å². The first-order valence-corrected chi connectivity index (χ1v) is 7.06. The summed E-state index contributed by atoms with van der Waals surface area (Å²) in [5.74, 6) is 1.92. The molecule has 1 unspecified atom stereocenters. The van der Waals surface area contributed by atoms with Crippen molar-refractivity contribution in [3.63, 3.8) is 0 Å². The Balaban J connectivity index is 1.63. The highest BCUT2D eigenvalue weighted by Gasteiger charge is 2.29. The number of hydrogen-bond donors (Lipinski definition) is 2. The van der Waals surface area contributed by atoms with E-state index in [1.165, 1.54) is 12.8 Å². The Kier molecular flexibility index (Phi) is 4.31. The topological polar surface area (TPSA) is 41.5 Å². The van der Waals surface area contributed by atoms with Crippen LogP contribution in [0.4, 0.5) is 0 Å². The van der Waals surface area contributed by atoms with Crippen molar-refractivity contribution in [1.29, 1.82) is 0 Å². The average Bonchev–Trinajstić information content (AvgIpc) is 2.71. The maximum Gasteiger partial charge on any atom is 0.0761 e. The van der Waals surface area contributed by atoms with Crippen molar-refractivity contribution >= 4 is 11.8 Å². The van der Waals surface area contributed by atoms with Crippen molar-refractivity contribution in [3.8, 4) is 0 Å². The highest BCUT2D eigenvalue weighted by Crippen LogP contribution is 2.25. The molecule has 2 rings (SSSR count). The summed E-state index contributed by atoms with van der Waals surface area (Å²) in [6, 6.07) is 0. The van der Waals surface area contributed by atoms with Crippen LogP contribution in [0.25, 0.3) is 0 Å². The van der Waals surface area contributed by atoms with E-state index in [0.29, 0.717) is 6.10 Å². The lowest BCUT2D eigenvalue weighted by atomic mass is 9.95. The Morgan fingerprint density at radius 1 is 1.40 bits per heavy atom. The fourth-order valence-corrected chi connectivity index (χ4v) is 3.50. The normalized spacial score (nSPS) is 30.6. The highest BCUT2D eigenvalue weighted by molar-refractivity contribution is 7.99. The predicted molar refractivity (Wildman–Crippen MR) is 63.4 cm³/mol. The molecule has 2 N–H and O–H groups in total. The third-order valence-corrected chi connectivity index (χ3v) is 4.58. The van der Waals surface area contributed by atoms with Crippen LogP contribution in [0, 0.1) is 0 Å². The summed E-state index contributed by atoms with van der Waals surface area (Å²) in [5, 5.41) is 13.5. The smallest absolute Gasteiger partial charge is 0.0761 e. The fourth-order valence-electron chi connectivity index (χ4n) is 2.19. The minimum absolute atomic E-state index is 0.422. The first-order valence-electron chi connectivity index (χ1n) is 5.91. The van der Waals surface area contributed by atoms with E-state index in [1.807, 2.05) is 11.8 Å². The summed E-state index contributed by atoms with van der Waals surface area (Å²) >= 11 is 1.85. The van der Waals surface area contributed by atoms with Gasteiger partial charge in [0.05, 0.1) is 11.7 Å². The zero-order valence-corrected chi connectivity index (χ0v) is 10.0. The van der Waals surface area contributed by atoms with Gasteiger partial charge in [-0.2, -0.15) is 11.8 Å². The molecule has 0 amide bonds. The molecule has 15 heavy (non-hydrogen) atoms. The second-order valence-electron chi connectivity index (χ2n) is 4.62. The summed E-state index contributed by atoms with van der Waals surface area (Å²) in [6.07, 6.45) is 4.64. The fraction of sp³-hybridized carbons (Fsp3) is 1.00. The maximum atomic E-state index is 10.2. The van der Waals surface area contributed by atoms with Gasteiger partial charge in [-0.15, -0.1) is 0 Å². The molecule has 2 saturated heterocycles. The van der Waals surface area contributed by atoms with Crippen LogP contribution in [0.5, 0.6) is 0 Å². The molecule has 1 atom stereocenters. The number of nitrogens with one attached hydrogen (secondary N) is 1. The molecule has 0 bridgehead atoms. The zero-order valence-electron chi connectivity index (χ0n) is 9.21. The Morgan fingerprint density at radius 3 is 2.87 bits per heavy atom. The van der Waals surface area contributed by atoms with E-state index in [9.17, 15) is 5.11 Å². The van der Waals surface area contributed by atoms with Crippen LogP contribution in [-0.2, 0) is 4.74 Å². The van der Waals surface area contributed by atoms with Crippen LogP contribution in [0.15, 0.2) is 0 Å². The number of aliphatic hydroxyl groups is 1. The molecular weight excluding hydrogens is 210 g/mol. The van der Waals surface area contributed by atoms with E-state index >= 15 is 0 Å². The molecule has 0 aromatic carbocycles. The van der Waals surface area contributed by atoms with E-state index in [0.717, 1.165) is 44.0 Å². The second-order valence-corrected chi connectivity index (χ2v) is 5.65. The standard InChI is InChI=1S/C11H21NO2S/c13-11(3-5-12-6-4-11)9-15-8-10-2-1-7-14-10/h10,12-13H,1-9H2. The third kappa shape index (κ3) is 3.63. The molecule has 2 fully saturated rings. The predicted octanol–water partition coefficient (Wildman–Crippen LogP) is 1.01. The van der Waals surface area contributed by atoms with Crippen molar-refractivity contribution in [1.82, 2.24) is 5.32 Å². The van der Waals surface area contributed by atoms with Gasteiger partial charge in [-0.1, -0.05) is 0 Å². The van der Waals surface area contributed by atoms with E-state index in [4.69, 9.17) is 4.74 Å². The van der Waals surface area contributed by atoms with Crippen molar-refractivity contribution < 1.29 is 9.84 Å². The van der Waals surface area contributed by atoms with Gasteiger partial charge in [-0.3, -0.25) is 0 Å². The number of ether oxygens (including phenoxy) is 1. The SMILES string of the molecule is OC1(CSCC2CCCO2)CCNCC1. The zero-order chi connectivity index (χ0) is 10.6. The number of hydrogen-bond acceptors (Lipinski definition) is 4. The first-order chi connectivity index (χ1) is 7.29. The summed E-state index contributed by atoms with van der Waals surface area (Å²) in [6.45, 7) is 2.84. The van der Waals surface area contributed by atoms with Crippen LogP contribution in [0.3, 0.4) is 0 Å². The van der Waals surface area contributed by atoms with Gasteiger partial charge < -0.3 is 15.2 Å². The first kappa shape index (κ1) is 11.7. The van der Waals surface area contributed by atoms with Crippen LogP contribution in [0.1, 0.15) is 25.7 Å². The van der Waals surface area contributed by atoms with E-state index in [1.54, 1.807) is 0 Å². The van der Waals surface area contributed by atoms with Crippen molar-refractivity contribution in [2.24, 2.45) is 0 Å². The minimum Gasteiger partial charge on any atom is -0.389 e. The highest BCUT2D eigenvalue weighted by atomic mass is 32.2. The molecule has 3 nitrogen and oxygen atoms in total. The monoisotopic (exact) mass is 231 g/mol. The van der Waals surface area contributed by atoms with Gasteiger partial charge >= 0.3 is 0 Å². The summed E-state index contributed by atoms with van der Waals surface area (Å²) in [5.41, 5.74) is -0.422. The van der Waals surface area contributed by atoms with Crippen molar-refractivity contribution in [2.75, 3.05) is 31.2 Å². The molecule has 2 heterocycles. The van der Waals surface area contributed by atoms with Crippen LogP contribution < -0.4 is 5.32 Å². The maximum absolute atomic E-state index is 10.2. The van der Waals surface area contributed by atoms with E-state index < -0.39 is 5.60 Å². The van der Waals surface area contributed by atoms with Crippen LogP contribution in [0.2, 0.25) is 0 Å². The van der Waals surface area contributed by atoms with Gasteiger partial charge in [0.15, 0.2) is 0 Å². The van der Waals surface area contributed by atoms with Gasteiger partial charge in [0.1, 0.15) is 0 Å². The molecule has 4 heteroatoms. The lowest BCUT2D eigenvalue weighted by Gasteiger charge is -2.32. The van der Waals surface area contributed by atoms with Gasteiger partial charge in [0, 0.05) is 18.1 Å². The molecule has 0 aromatic rings. The van der Waals surface area contributed by atoms with Crippen molar-refractivity contribution in [3.05, 3.63) is 0 Å². The van der Waals surface area contributed by atoms with Crippen molar-refractivity contribution in [2.45, 2.75) is 37.4 Å². The van der Waals surface area contributed by atoms with Gasteiger partial charge in [0.2, 0.25) is 0 Å². The molecule has 0 saturated carbocycles. The van der Waals surface area contributed by atoms with Crippen LogP contribution in [-0.4, -0.2) is 48.0 Å². The number of rotatable bonds is 4. The third-order valence-electron chi connectivity index (χ3n) is 3.23. The largest absolute Gasteiger partial charge is 0.389 e. The molecule has 0 aliphatic carbocycles. The average molecular weight is 231 g/mol. The van der Waals surface area contributed by atoms with Gasteiger partial charge in [-0.05, 0) is 38.8 Å². The van der Waals surface area contributed by atoms with E-state index in [-0.39, 0.29) is 0 Å². The Morgan fingerprint density at radius 2 is 2.20 bits per heavy atom. The number of thioether (sulfide) groups is 1. The summed E-state index contributed by atoms with van der Waals surface area (Å²) in [7, 11) is 0. The Labute approximate surface area is 96.0 Å². The summed E-state index contributed by atoms with van der Waals surface area (Å²) in [4.78, 5) is 0. The summed E-state index contributed by atoms with van der Waals surface area (Å²) < 4.78 is 5.56. The second kappa shape index (κ2) is 5.53. The van der Waals surface area contributed by atoms with Gasteiger partial charge in [0.25, 0.3) is 0 Å². The molecule has 0 aromatic heterocycles. The Bertz CT molecular complexity index is 189. The molecule has 0 radical (unpaired) electrons. The van der Waals surface area contributed by atoms with Crippen LogP contribution >= 0.6 is 11.8 Å². The minimum atomic E-state index is -0.422. The molecule has 2 aliphatic rings. The molecule has 88 valence electrons. The lowest BCUT2D eigenvalue weighted by Crippen LogP contribution is -2.43. The number of piperidine rings is 1.